The predicted molar refractivity (Wildman–Crippen MR) is 75.8 cm³/mol. The number of rotatable bonds is 15. The van der Waals surface area contributed by atoms with Crippen LogP contribution in [-0.2, 0) is 28.5 Å². The molecule has 0 bridgehead atoms. The fraction of sp³-hybridized carbons (Fsp3) is 0.846. The van der Waals surface area contributed by atoms with E-state index in [0.29, 0.717) is 59.2 Å². The molecule has 3 N–H and O–H groups in total. The number of carbonyl (C=O) groups excluding carboxylic acids is 2. The van der Waals surface area contributed by atoms with Crippen LogP contribution in [0.15, 0.2) is 0 Å². The molecule has 0 aliphatic heterocycles. The number of hydrogen-bond donors (Lipinski definition) is 2. The van der Waals surface area contributed by atoms with Gasteiger partial charge in [0.2, 0.25) is 11.8 Å². The smallest absolute Gasteiger partial charge is 0.243 e. The van der Waals surface area contributed by atoms with Crippen LogP contribution in [0.2, 0.25) is 0 Å². The van der Waals surface area contributed by atoms with E-state index < -0.39 is 5.91 Å². The summed E-state index contributed by atoms with van der Waals surface area (Å²) in [5.74, 6) is -0.473. The molecular weight excluding hydrogens is 280 g/mol. The molecule has 0 unspecified atom stereocenters. The zero-order chi connectivity index (χ0) is 15.8. The third-order valence-electron chi connectivity index (χ3n) is 2.25. The Balaban J connectivity index is 3.02. The Kier molecular flexibility index (Phi) is 14.3. The second-order valence-electron chi connectivity index (χ2n) is 4.06. The van der Waals surface area contributed by atoms with Crippen LogP contribution in [-0.4, -0.2) is 71.2 Å². The zero-order valence-electron chi connectivity index (χ0n) is 12.6. The van der Waals surface area contributed by atoms with Crippen LogP contribution in [0, 0.1) is 0 Å². The van der Waals surface area contributed by atoms with Crippen molar-refractivity contribution in [3.05, 3.63) is 0 Å². The van der Waals surface area contributed by atoms with Crippen LogP contribution >= 0.6 is 0 Å². The van der Waals surface area contributed by atoms with Crippen molar-refractivity contribution in [2.24, 2.45) is 5.73 Å². The van der Waals surface area contributed by atoms with Gasteiger partial charge >= 0.3 is 0 Å². The van der Waals surface area contributed by atoms with Gasteiger partial charge in [-0.25, -0.2) is 0 Å². The van der Waals surface area contributed by atoms with Crippen molar-refractivity contribution >= 4 is 11.8 Å². The summed E-state index contributed by atoms with van der Waals surface area (Å²) in [6.07, 6.45) is 0.483. The van der Waals surface area contributed by atoms with Gasteiger partial charge in [0.25, 0.3) is 0 Å². The average Bonchev–Trinajstić information content (AvgIpc) is 2.46. The summed E-state index contributed by atoms with van der Waals surface area (Å²) in [5, 5.41) is 2.71. The van der Waals surface area contributed by atoms with Gasteiger partial charge < -0.3 is 30.0 Å². The largest absolute Gasteiger partial charge is 0.377 e. The topological polar surface area (TPSA) is 109 Å². The molecule has 0 saturated carbocycles. The predicted octanol–water partition coefficient (Wildman–Crippen LogP) is -0.936. The van der Waals surface area contributed by atoms with E-state index in [1.165, 1.54) is 0 Å². The molecule has 0 rings (SSSR count). The van der Waals surface area contributed by atoms with Gasteiger partial charge in [0.05, 0.1) is 46.2 Å². The van der Waals surface area contributed by atoms with E-state index in [0.717, 1.165) is 0 Å². The van der Waals surface area contributed by atoms with Gasteiger partial charge in [0, 0.05) is 13.0 Å². The fourth-order valence-corrected chi connectivity index (χ4v) is 1.22. The quantitative estimate of drug-likeness (QED) is 0.378. The number of carbonyl (C=O) groups is 2. The highest BCUT2D eigenvalue weighted by atomic mass is 16.6. The van der Waals surface area contributed by atoms with E-state index in [1.54, 1.807) is 6.92 Å². The van der Waals surface area contributed by atoms with Crippen molar-refractivity contribution in [1.29, 1.82) is 0 Å². The first-order valence-electron chi connectivity index (χ1n) is 7.02. The highest BCUT2D eigenvalue weighted by Gasteiger charge is 1.96. The maximum atomic E-state index is 10.9. The lowest BCUT2D eigenvalue weighted by Crippen LogP contribution is -2.26. The molecule has 0 saturated heterocycles. The number of primary amides is 1. The van der Waals surface area contributed by atoms with E-state index in [4.69, 9.17) is 24.7 Å². The van der Waals surface area contributed by atoms with Gasteiger partial charge in [-0.05, 0) is 0 Å². The first-order valence-corrected chi connectivity index (χ1v) is 7.02. The summed E-state index contributed by atoms with van der Waals surface area (Å²) in [7, 11) is 0. The van der Waals surface area contributed by atoms with Crippen molar-refractivity contribution in [2.75, 3.05) is 59.4 Å². The molecule has 8 nitrogen and oxygen atoms in total. The summed E-state index contributed by atoms with van der Waals surface area (Å²) >= 11 is 0. The molecule has 124 valence electrons. The third-order valence-corrected chi connectivity index (χ3v) is 2.25. The molecule has 0 spiro atoms. The van der Waals surface area contributed by atoms with Crippen molar-refractivity contribution in [3.63, 3.8) is 0 Å². The second kappa shape index (κ2) is 15.2. The lowest BCUT2D eigenvalue weighted by Gasteiger charge is -2.07. The first-order chi connectivity index (χ1) is 10.2. The molecule has 0 radical (unpaired) electrons. The molecule has 0 aliphatic carbocycles. The molecule has 0 atom stereocenters. The van der Waals surface area contributed by atoms with Crippen LogP contribution in [0.25, 0.3) is 0 Å². The minimum Gasteiger partial charge on any atom is -0.377 e. The number of amides is 2. The standard InChI is InChI=1S/C13H26N2O6/c1-2-13(17)15-3-4-18-5-6-19-7-8-20-9-10-21-11-12(14)16/h2-11H2,1H3,(H2,14,16)(H,15,17). The molecule has 0 aliphatic rings. The Bertz CT molecular complexity index is 275. The molecule has 0 aromatic heterocycles. The highest BCUT2D eigenvalue weighted by Crippen LogP contribution is 1.83. The number of hydrogen-bond acceptors (Lipinski definition) is 6. The highest BCUT2D eigenvalue weighted by molar-refractivity contribution is 5.75. The monoisotopic (exact) mass is 306 g/mol. The minimum absolute atomic E-state index is 0.0202. The van der Waals surface area contributed by atoms with Crippen LogP contribution in [0.5, 0.6) is 0 Å². The normalized spacial score (nSPS) is 10.5. The lowest BCUT2D eigenvalue weighted by atomic mass is 10.4. The van der Waals surface area contributed by atoms with Gasteiger partial charge in [-0.15, -0.1) is 0 Å². The summed E-state index contributed by atoms with van der Waals surface area (Å²) in [4.78, 5) is 21.3. The molecule has 8 heteroatoms. The van der Waals surface area contributed by atoms with E-state index >= 15 is 0 Å². The summed E-state index contributed by atoms with van der Waals surface area (Å²) in [5.41, 5.74) is 4.90. The molecule has 21 heavy (non-hydrogen) atoms. The van der Waals surface area contributed by atoms with Crippen molar-refractivity contribution in [3.8, 4) is 0 Å². The van der Waals surface area contributed by atoms with E-state index in [9.17, 15) is 9.59 Å². The number of ether oxygens (including phenoxy) is 4. The van der Waals surface area contributed by atoms with E-state index in [2.05, 4.69) is 5.32 Å². The molecule has 0 heterocycles. The Morgan fingerprint density at radius 2 is 1.33 bits per heavy atom. The van der Waals surface area contributed by atoms with E-state index in [-0.39, 0.29) is 12.5 Å². The average molecular weight is 306 g/mol. The SMILES string of the molecule is CCC(=O)NCCOCCOCCOCCOCC(N)=O. The number of nitrogens with two attached hydrogens (primary N) is 1. The lowest BCUT2D eigenvalue weighted by molar-refractivity contribution is -0.123. The van der Waals surface area contributed by atoms with E-state index in [1.807, 2.05) is 0 Å². The Hall–Kier alpha value is -1.22. The Labute approximate surface area is 125 Å². The van der Waals surface area contributed by atoms with Crippen LogP contribution in [0.3, 0.4) is 0 Å². The van der Waals surface area contributed by atoms with Gasteiger partial charge in [-0.1, -0.05) is 6.92 Å². The maximum absolute atomic E-state index is 10.9. The van der Waals surface area contributed by atoms with Crippen LogP contribution < -0.4 is 11.1 Å². The zero-order valence-corrected chi connectivity index (χ0v) is 12.6. The van der Waals surface area contributed by atoms with Crippen LogP contribution in [0.4, 0.5) is 0 Å². The maximum Gasteiger partial charge on any atom is 0.243 e. The van der Waals surface area contributed by atoms with Crippen molar-refractivity contribution in [2.45, 2.75) is 13.3 Å². The molecular formula is C13H26N2O6. The molecule has 2 amide bonds. The van der Waals surface area contributed by atoms with Crippen LogP contribution in [0.1, 0.15) is 13.3 Å². The second-order valence-corrected chi connectivity index (χ2v) is 4.06. The van der Waals surface area contributed by atoms with Gasteiger partial charge in [0.1, 0.15) is 6.61 Å². The van der Waals surface area contributed by atoms with Gasteiger partial charge in [-0.3, -0.25) is 9.59 Å². The molecule has 0 aromatic rings. The number of nitrogens with one attached hydrogen (secondary N) is 1. The Morgan fingerprint density at radius 3 is 1.81 bits per heavy atom. The van der Waals surface area contributed by atoms with Crippen molar-refractivity contribution in [1.82, 2.24) is 5.32 Å². The van der Waals surface area contributed by atoms with Crippen molar-refractivity contribution < 1.29 is 28.5 Å². The Morgan fingerprint density at radius 1 is 0.857 bits per heavy atom. The molecule has 0 fully saturated rings. The van der Waals surface area contributed by atoms with Gasteiger partial charge in [-0.2, -0.15) is 0 Å². The summed E-state index contributed by atoms with van der Waals surface area (Å²) in [6, 6.07) is 0. The third kappa shape index (κ3) is 16.7. The van der Waals surface area contributed by atoms with Gasteiger partial charge in [0.15, 0.2) is 0 Å². The summed E-state index contributed by atoms with van der Waals surface area (Å²) in [6.45, 7) is 5.29. The fourth-order valence-electron chi connectivity index (χ4n) is 1.22. The molecule has 0 aromatic carbocycles. The minimum atomic E-state index is -0.493. The summed E-state index contributed by atoms with van der Waals surface area (Å²) < 4.78 is 20.7. The first kappa shape index (κ1) is 19.8.